The maximum Gasteiger partial charge on any atom is 0.233 e. The van der Waals surface area contributed by atoms with Gasteiger partial charge in [-0.15, -0.1) is 0 Å². The lowest BCUT2D eigenvalue weighted by Crippen LogP contribution is -2.53. The number of carbonyl (C=O) groups is 1. The zero-order chi connectivity index (χ0) is 11.7. The number of carbonyl (C=O) groups excluding carboxylic acids is 1. The van der Waals surface area contributed by atoms with Crippen molar-refractivity contribution in [3.8, 4) is 0 Å². The molecule has 0 saturated heterocycles. The van der Waals surface area contributed by atoms with Gasteiger partial charge in [-0.25, -0.2) is 0 Å². The van der Waals surface area contributed by atoms with E-state index in [1.165, 1.54) is 0 Å². The molecule has 1 rings (SSSR count). The van der Waals surface area contributed by atoms with Gasteiger partial charge in [0.2, 0.25) is 11.0 Å². The highest BCUT2D eigenvalue weighted by molar-refractivity contribution is 7.09. The van der Waals surface area contributed by atoms with Crippen molar-refractivity contribution in [3.05, 3.63) is 0 Å². The van der Waals surface area contributed by atoms with Crippen LogP contribution in [0, 0.1) is 5.41 Å². The van der Waals surface area contributed by atoms with Gasteiger partial charge in [-0.3, -0.25) is 10.1 Å². The third-order valence-electron chi connectivity index (χ3n) is 2.70. The summed E-state index contributed by atoms with van der Waals surface area (Å²) in [5.41, 5.74) is 4.62. The largest absolute Gasteiger partial charge is 0.325 e. The Bertz CT molecular complexity index is 340. The Morgan fingerprint density at radius 3 is 2.40 bits per heavy atom. The van der Waals surface area contributed by atoms with E-state index < -0.39 is 11.0 Å². The van der Waals surface area contributed by atoms with Crippen molar-refractivity contribution in [1.82, 2.24) is 14.8 Å². The van der Waals surface area contributed by atoms with Crippen LogP contribution in [0.5, 0.6) is 0 Å². The van der Waals surface area contributed by atoms with Crippen LogP contribution in [0.1, 0.15) is 27.7 Å². The first-order valence-electron chi connectivity index (χ1n) is 4.50. The predicted octanol–water partition coefficient (Wildman–Crippen LogP) is 0.635. The zero-order valence-electron chi connectivity index (χ0n) is 9.24. The molecule has 0 bridgehead atoms. The number of rotatable bonds is 3. The normalized spacial score (nSPS) is 12.6. The van der Waals surface area contributed by atoms with Crippen molar-refractivity contribution in [2.45, 2.75) is 33.2 Å². The van der Waals surface area contributed by atoms with E-state index in [2.05, 4.69) is 20.1 Å². The Balaban J connectivity index is 2.77. The fourth-order valence-corrected chi connectivity index (χ4v) is 1.09. The van der Waals surface area contributed by atoms with E-state index >= 15 is 0 Å². The average Bonchev–Trinajstić information content (AvgIpc) is 2.54. The van der Waals surface area contributed by atoms with E-state index in [4.69, 9.17) is 5.73 Å². The highest BCUT2D eigenvalue weighted by Gasteiger charge is 2.40. The molecule has 0 aliphatic rings. The molecule has 0 radical (unpaired) electrons. The van der Waals surface area contributed by atoms with Gasteiger partial charge in [0.1, 0.15) is 0 Å². The molecule has 7 heteroatoms. The van der Waals surface area contributed by atoms with Crippen molar-refractivity contribution in [3.63, 3.8) is 0 Å². The van der Waals surface area contributed by atoms with E-state index in [9.17, 15) is 4.79 Å². The number of anilines is 1. The van der Waals surface area contributed by atoms with Crippen LogP contribution in [-0.2, 0) is 4.79 Å². The fraction of sp³-hybridized carbons (Fsp3) is 0.750. The van der Waals surface area contributed by atoms with Gasteiger partial charge in [-0.05, 0) is 32.9 Å². The summed E-state index contributed by atoms with van der Waals surface area (Å²) in [5.74, 6) is -0.187. The highest BCUT2D eigenvalue weighted by Crippen LogP contribution is 2.29. The summed E-state index contributed by atoms with van der Waals surface area (Å²) in [6.07, 6.45) is 0. The first-order chi connectivity index (χ1) is 6.75. The van der Waals surface area contributed by atoms with Crippen LogP contribution in [0.25, 0.3) is 0 Å². The number of hydrogen-bond donors (Lipinski definition) is 2. The monoisotopic (exact) mass is 229 g/mol. The van der Waals surface area contributed by atoms with Crippen LogP contribution >= 0.6 is 11.5 Å². The molecule has 0 fully saturated rings. The van der Waals surface area contributed by atoms with Crippen molar-refractivity contribution >= 4 is 22.6 Å². The van der Waals surface area contributed by atoms with Gasteiger partial charge in [-0.2, -0.15) is 0 Å². The summed E-state index contributed by atoms with van der Waals surface area (Å²) in [6.45, 7) is 7.20. The lowest BCUT2D eigenvalue weighted by molar-refractivity contribution is -0.126. The van der Waals surface area contributed by atoms with E-state index in [1.54, 1.807) is 13.8 Å². The summed E-state index contributed by atoms with van der Waals surface area (Å²) in [7, 11) is 0. The topological polar surface area (TPSA) is 93.8 Å². The molecule has 1 heterocycles. The number of nitrogens with one attached hydrogen (secondary N) is 1. The molecule has 15 heavy (non-hydrogen) atoms. The Labute approximate surface area is 92.4 Å². The average molecular weight is 229 g/mol. The Morgan fingerprint density at radius 1 is 1.40 bits per heavy atom. The van der Waals surface area contributed by atoms with Gasteiger partial charge in [0.15, 0.2) is 0 Å². The maximum atomic E-state index is 11.9. The molecule has 0 unspecified atom stereocenters. The molecule has 0 aromatic carbocycles. The Hall–Kier alpha value is -1.08. The summed E-state index contributed by atoms with van der Waals surface area (Å²) < 4.78 is 3.55. The van der Waals surface area contributed by atoms with Crippen LogP contribution in [0.15, 0.2) is 0 Å². The zero-order valence-corrected chi connectivity index (χ0v) is 10.1. The summed E-state index contributed by atoms with van der Waals surface area (Å²) in [5, 5.41) is 10.0. The van der Waals surface area contributed by atoms with E-state index in [0.717, 1.165) is 11.5 Å². The molecule has 1 aromatic heterocycles. The third-order valence-corrected chi connectivity index (χ3v) is 3.21. The molecule has 1 amide bonds. The Kier molecular flexibility index (Phi) is 3.05. The van der Waals surface area contributed by atoms with Crippen molar-refractivity contribution in [2.24, 2.45) is 11.1 Å². The predicted molar refractivity (Wildman–Crippen MR) is 58.4 cm³/mol. The molecule has 0 aliphatic carbocycles. The third kappa shape index (κ3) is 2.48. The van der Waals surface area contributed by atoms with Crippen molar-refractivity contribution < 1.29 is 4.79 Å². The Morgan fingerprint density at radius 2 is 2.00 bits per heavy atom. The van der Waals surface area contributed by atoms with Gasteiger partial charge in [0.05, 0.1) is 5.41 Å². The molecule has 6 nitrogen and oxygen atoms in total. The van der Waals surface area contributed by atoms with Crippen molar-refractivity contribution in [1.29, 1.82) is 0 Å². The first kappa shape index (κ1) is 12.0. The molecule has 1 aromatic rings. The minimum absolute atomic E-state index is 0.187. The lowest BCUT2D eigenvalue weighted by atomic mass is 9.74. The summed E-state index contributed by atoms with van der Waals surface area (Å²) in [4.78, 5) is 11.9. The molecular formula is C8H15N5OS. The maximum absolute atomic E-state index is 11.9. The second-order valence-corrected chi connectivity index (χ2v) is 5.20. The number of amides is 1. The van der Waals surface area contributed by atoms with E-state index in [-0.39, 0.29) is 5.91 Å². The minimum Gasteiger partial charge on any atom is -0.325 e. The number of nitrogens with two attached hydrogens (primary N) is 1. The second kappa shape index (κ2) is 3.82. The standard InChI is InChI=1S/C8H15N5OS/c1-7(2,8(3,4)9)5(14)10-6-11-12-13-15-6/h9H2,1-4H3,(H,10,11,13,14). The molecular weight excluding hydrogens is 214 g/mol. The molecule has 0 saturated carbocycles. The number of hydrogen-bond acceptors (Lipinski definition) is 6. The van der Waals surface area contributed by atoms with Crippen molar-refractivity contribution in [2.75, 3.05) is 5.32 Å². The lowest BCUT2D eigenvalue weighted by Gasteiger charge is -2.36. The van der Waals surface area contributed by atoms with Gasteiger partial charge >= 0.3 is 0 Å². The number of nitrogens with zero attached hydrogens (tertiary/aromatic N) is 3. The SMILES string of the molecule is CC(C)(N)C(C)(C)C(=O)Nc1nnns1. The van der Waals surface area contributed by atoms with Gasteiger partial charge in [0.25, 0.3) is 0 Å². The molecule has 0 aliphatic heterocycles. The van der Waals surface area contributed by atoms with Crippen LogP contribution in [0.3, 0.4) is 0 Å². The second-order valence-electron chi connectivity index (χ2n) is 4.47. The van der Waals surface area contributed by atoms with Crippen LogP contribution in [0.4, 0.5) is 5.13 Å². The number of aromatic nitrogens is 3. The van der Waals surface area contributed by atoms with E-state index in [0.29, 0.717) is 5.13 Å². The summed E-state index contributed by atoms with van der Waals surface area (Å²) >= 11 is 1.03. The van der Waals surface area contributed by atoms with Crippen LogP contribution < -0.4 is 11.1 Å². The molecule has 84 valence electrons. The van der Waals surface area contributed by atoms with Gasteiger partial charge in [-0.1, -0.05) is 9.59 Å². The van der Waals surface area contributed by atoms with Crippen LogP contribution in [-0.4, -0.2) is 26.2 Å². The van der Waals surface area contributed by atoms with Gasteiger partial charge < -0.3 is 5.73 Å². The molecule has 3 N–H and O–H groups in total. The molecule has 0 atom stereocenters. The van der Waals surface area contributed by atoms with E-state index in [1.807, 2.05) is 13.8 Å². The first-order valence-corrected chi connectivity index (χ1v) is 5.28. The minimum atomic E-state index is -0.696. The fourth-order valence-electron chi connectivity index (χ4n) is 0.728. The summed E-state index contributed by atoms with van der Waals surface area (Å²) in [6, 6.07) is 0. The van der Waals surface area contributed by atoms with Crippen LogP contribution in [0.2, 0.25) is 0 Å². The quantitative estimate of drug-likeness (QED) is 0.793. The molecule has 0 spiro atoms. The highest BCUT2D eigenvalue weighted by atomic mass is 32.1. The smallest absolute Gasteiger partial charge is 0.233 e. The van der Waals surface area contributed by atoms with Gasteiger partial charge in [0, 0.05) is 17.1 Å².